The van der Waals surface area contributed by atoms with Gasteiger partial charge in [-0.1, -0.05) is 13.8 Å². The second-order valence-corrected chi connectivity index (χ2v) is 5.29. The zero-order valence-electron chi connectivity index (χ0n) is 11.4. The molecule has 100 valence electrons. The summed E-state index contributed by atoms with van der Waals surface area (Å²) in [6.45, 7) is 10.4. The van der Waals surface area contributed by atoms with Crippen molar-refractivity contribution in [2.45, 2.75) is 39.7 Å². The lowest BCUT2D eigenvalue weighted by Gasteiger charge is -2.35. The minimum absolute atomic E-state index is 0.0299. The normalized spacial score (nSPS) is 22.3. The van der Waals surface area contributed by atoms with Crippen LogP contribution in [0.25, 0.3) is 0 Å². The van der Waals surface area contributed by atoms with Crippen molar-refractivity contribution in [2.24, 2.45) is 17.6 Å². The van der Waals surface area contributed by atoms with E-state index in [2.05, 4.69) is 24.1 Å². The summed E-state index contributed by atoms with van der Waals surface area (Å²) in [5.74, 6) is 0.556. The largest absolute Gasteiger partial charge is 0.369 e. The molecule has 17 heavy (non-hydrogen) atoms. The van der Waals surface area contributed by atoms with Gasteiger partial charge < -0.3 is 16.0 Å². The van der Waals surface area contributed by atoms with Gasteiger partial charge in [-0.3, -0.25) is 4.79 Å². The molecular weight excluding hydrogens is 214 g/mol. The van der Waals surface area contributed by atoms with Crippen LogP contribution in [0.15, 0.2) is 0 Å². The van der Waals surface area contributed by atoms with Crippen molar-refractivity contribution in [2.75, 3.05) is 26.2 Å². The van der Waals surface area contributed by atoms with E-state index in [4.69, 9.17) is 5.73 Å². The Hall–Kier alpha value is -0.610. The molecule has 2 atom stereocenters. The van der Waals surface area contributed by atoms with E-state index < -0.39 is 0 Å². The maximum atomic E-state index is 11.0. The lowest BCUT2D eigenvalue weighted by atomic mass is 9.90. The lowest BCUT2D eigenvalue weighted by molar-refractivity contribution is -0.122. The van der Waals surface area contributed by atoms with Gasteiger partial charge in [0.15, 0.2) is 0 Å². The molecule has 0 saturated carbocycles. The molecule has 0 spiro atoms. The molecule has 2 unspecified atom stereocenters. The van der Waals surface area contributed by atoms with E-state index in [1.807, 2.05) is 6.92 Å². The van der Waals surface area contributed by atoms with Crippen LogP contribution in [0.2, 0.25) is 0 Å². The van der Waals surface area contributed by atoms with Crippen LogP contribution in [0.5, 0.6) is 0 Å². The maximum Gasteiger partial charge on any atom is 0.221 e. The van der Waals surface area contributed by atoms with Gasteiger partial charge in [-0.15, -0.1) is 0 Å². The molecule has 4 heteroatoms. The fourth-order valence-corrected chi connectivity index (χ4v) is 2.60. The molecule has 0 bridgehead atoms. The molecule has 0 radical (unpaired) electrons. The summed E-state index contributed by atoms with van der Waals surface area (Å²) in [5, 5.41) is 3.50. The Balaban J connectivity index is 2.28. The number of nitrogens with one attached hydrogen (secondary N) is 1. The molecule has 0 aromatic heterocycles. The lowest BCUT2D eigenvalue weighted by Crippen LogP contribution is -2.44. The number of hydrogen-bond donors (Lipinski definition) is 2. The highest BCUT2D eigenvalue weighted by Gasteiger charge is 2.24. The molecule has 1 aliphatic rings. The van der Waals surface area contributed by atoms with E-state index in [-0.39, 0.29) is 11.8 Å². The summed E-state index contributed by atoms with van der Waals surface area (Å²) in [5.41, 5.74) is 5.29. The standard InChI is InChI=1S/C13H27N3O/c1-4-15-11(3)12-5-7-16(8-6-12)9-10(2)13(14)17/h10-12,15H,4-9H2,1-3H3,(H2,14,17). The number of piperidine rings is 1. The molecule has 3 N–H and O–H groups in total. The van der Waals surface area contributed by atoms with Crippen LogP contribution in [0.4, 0.5) is 0 Å². The topological polar surface area (TPSA) is 58.4 Å². The fourth-order valence-electron chi connectivity index (χ4n) is 2.60. The van der Waals surface area contributed by atoms with Gasteiger partial charge in [-0.05, 0) is 45.3 Å². The summed E-state index contributed by atoms with van der Waals surface area (Å²) < 4.78 is 0. The van der Waals surface area contributed by atoms with E-state index in [1.54, 1.807) is 0 Å². The van der Waals surface area contributed by atoms with E-state index in [1.165, 1.54) is 12.8 Å². The molecule has 1 aliphatic heterocycles. The third-order valence-corrected chi connectivity index (χ3v) is 3.88. The minimum atomic E-state index is -0.187. The molecule has 0 aromatic rings. The second kappa shape index (κ2) is 6.97. The van der Waals surface area contributed by atoms with Crippen LogP contribution >= 0.6 is 0 Å². The van der Waals surface area contributed by atoms with Crippen LogP contribution in [-0.2, 0) is 4.79 Å². The monoisotopic (exact) mass is 241 g/mol. The molecule has 1 rings (SSSR count). The fraction of sp³-hybridized carbons (Fsp3) is 0.923. The van der Waals surface area contributed by atoms with E-state index >= 15 is 0 Å². The van der Waals surface area contributed by atoms with E-state index in [9.17, 15) is 4.79 Å². The Morgan fingerprint density at radius 1 is 1.41 bits per heavy atom. The van der Waals surface area contributed by atoms with Crippen LogP contribution in [0, 0.1) is 11.8 Å². The van der Waals surface area contributed by atoms with Crippen molar-refractivity contribution in [3.8, 4) is 0 Å². The van der Waals surface area contributed by atoms with Gasteiger partial charge in [-0.25, -0.2) is 0 Å². The highest BCUT2D eigenvalue weighted by Crippen LogP contribution is 2.21. The number of amides is 1. The quantitative estimate of drug-likeness (QED) is 0.724. The maximum absolute atomic E-state index is 11.0. The number of rotatable bonds is 6. The van der Waals surface area contributed by atoms with Crippen molar-refractivity contribution in [1.29, 1.82) is 0 Å². The Morgan fingerprint density at radius 3 is 2.47 bits per heavy atom. The Labute approximate surface area is 105 Å². The first-order chi connectivity index (χ1) is 8.04. The summed E-state index contributed by atoms with van der Waals surface area (Å²) in [7, 11) is 0. The molecule has 1 saturated heterocycles. The van der Waals surface area contributed by atoms with Crippen LogP contribution in [0.3, 0.4) is 0 Å². The van der Waals surface area contributed by atoms with Gasteiger partial charge in [0.25, 0.3) is 0 Å². The highest BCUT2D eigenvalue weighted by molar-refractivity contribution is 5.76. The predicted octanol–water partition coefficient (Wildman–Crippen LogP) is 0.818. The molecular formula is C13H27N3O. The molecule has 1 fully saturated rings. The first kappa shape index (κ1) is 14.5. The molecule has 1 heterocycles. The number of nitrogens with two attached hydrogens (primary N) is 1. The van der Waals surface area contributed by atoms with Crippen molar-refractivity contribution >= 4 is 5.91 Å². The van der Waals surface area contributed by atoms with Gasteiger partial charge in [0.05, 0.1) is 0 Å². The third-order valence-electron chi connectivity index (χ3n) is 3.88. The molecule has 0 aromatic carbocycles. The predicted molar refractivity (Wildman–Crippen MR) is 70.7 cm³/mol. The van der Waals surface area contributed by atoms with Gasteiger partial charge in [0.1, 0.15) is 0 Å². The number of nitrogens with zero attached hydrogens (tertiary/aromatic N) is 1. The van der Waals surface area contributed by atoms with Crippen LogP contribution < -0.4 is 11.1 Å². The Bertz CT molecular complexity index is 237. The zero-order valence-corrected chi connectivity index (χ0v) is 11.4. The first-order valence-electron chi connectivity index (χ1n) is 6.79. The van der Waals surface area contributed by atoms with Crippen molar-refractivity contribution in [3.63, 3.8) is 0 Å². The van der Waals surface area contributed by atoms with Gasteiger partial charge >= 0.3 is 0 Å². The number of carbonyl (C=O) groups excluding carboxylic acids is 1. The minimum Gasteiger partial charge on any atom is -0.369 e. The summed E-state index contributed by atoms with van der Waals surface area (Å²) in [6, 6.07) is 0.607. The molecule has 0 aliphatic carbocycles. The van der Waals surface area contributed by atoms with Gasteiger partial charge in [-0.2, -0.15) is 0 Å². The van der Waals surface area contributed by atoms with Crippen molar-refractivity contribution < 1.29 is 4.79 Å². The molecule has 1 amide bonds. The number of primary amides is 1. The zero-order chi connectivity index (χ0) is 12.8. The Kier molecular flexibility index (Phi) is 5.92. The van der Waals surface area contributed by atoms with Gasteiger partial charge in [0.2, 0.25) is 5.91 Å². The van der Waals surface area contributed by atoms with E-state index in [0.29, 0.717) is 6.04 Å². The van der Waals surface area contributed by atoms with Crippen molar-refractivity contribution in [1.82, 2.24) is 10.2 Å². The summed E-state index contributed by atoms with van der Waals surface area (Å²) >= 11 is 0. The first-order valence-corrected chi connectivity index (χ1v) is 6.79. The van der Waals surface area contributed by atoms with Crippen LogP contribution in [0.1, 0.15) is 33.6 Å². The number of carbonyl (C=O) groups is 1. The Morgan fingerprint density at radius 2 is 2.00 bits per heavy atom. The number of hydrogen-bond acceptors (Lipinski definition) is 3. The average Bonchev–Trinajstić information content (AvgIpc) is 2.30. The van der Waals surface area contributed by atoms with Gasteiger partial charge in [0, 0.05) is 18.5 Å². The third kappa shape index (κ3) is 4.64. The average molecular weight is 241 g/mol. The summed E-state index contributed by atoms with van der Waals surface area (Å²) in [4.78, 5) is 13.4. The second-order valence-electron chi connectivity index (χ2n) is 5.29. The smallest absolute Gasteiger partial charge is 0.221 e. The number of likely N-dealkylation sites (tertiary alicyclic amines) is 1. The van der Waals surface area contributed by atoms with Crippen molar-refractivity contribution in [3.05, 3.63) is 0 Å². The summed E-state index contributed by atoms with van der Waals surface area (Å²) in [6.07, 6.45) is 2.44. The van der Waals surface area contributed by atoms with Crippen LogP contribution in [-0.4, -0.2) is 43.0 Å². The van der Waals surface area contributed by atoms with E-state index in [0.717, 1.165) is 32.1 Å². The SMILES string of the molecule is CCNC(C)C1CCN(CC(C)C(N)=O)CC1. The molecule has 4 nitrogen and oxygen atoms in total. The highest BCUT2D eigenvalue weighted by atomic mass is 16.1.